The summed E-state index contributed by atoms with van der Waals surface area (Å²) in [5, 5.41) is 9.98. The molecule has 2 aromatic carbocycles. The van der Waals surface area contributed by atoms with Crippen LogP contribution in [0.5, 0.6) is 0 Å². The van der Waals surface area contributed by atoms with Gasteiger partial charge in [0.2, 0.25) is 0 Å². The first-order valence-corrected chi connectivity index (χ1v) is 13.0. The fourth-order valence-corrected chi connectivity index (χ4v) is 4.58. The van der Waals surface area contributed by atoms with Crippen molar-refractivity contribution in [3.05, 3.63) is 65.9 Å². The topological polar surface area (TPSA) is 82.3 Å². The molecule has 3 aromatic rings. The molecule has 0 saturated carbocycles. The van der Waals surface area contributed by atoms with Gasteiger partial charge in [-0.2, -0.15) is 5.26 Å². The number of anilines is 1. The molecular weight excluding hydrogens is 450 g/mol. The monoisotopic (exact) mass is 485 g/mol. The van der Waals surface area contributed by atoms with Crippen molar-refractivity contribution in [1.29, 1.82) is 5.26 Å². The van der Waals surface area contributed by atoms with Crippen LogP contribution in [0, 0.1) is 11.3 Å². The Hall–Kier alpha value is -3.50. The normalized spacial score (nSPS) is 14.9. The predicted octanol–water partition coefficient (Wildman–Crippen LogP) is 5.07. The minimum Gasteiger partial charge on any atom is -0.464 e. The molecule has 1 aromatic heterocycles. The zero-order valence-electron chi connectivity index (χ0n) is 21.1. The largest absolute Gasteiger partial charge is 0.464 e. The number of unbranched alkanes of at least 4 members (excludes halogenated alkanes) is 4. The summed E-state index contributed by atoms with van der Waals surface area (Å²) in [5.41, 5.74) is 3.11. The molecule has 0 amide bonds. The molecule has 1 atom stereocenters. The van der Waals surface area contributed by atoms with E-state index in [1.807, 2.05) is 30.3 Å². The summed E-state index contributed by atoms with van der Waals surface area (Å²) >= 11 is 0. The molecule has 4 rings (SSSR count). The highest BCUT2D eigenvalue weighted by Gasteiger charge is 2.31. The van der Waals surface area contributed by atoms with Crippen molar-refractivity contribution in [3.63, 3.8) is 0 Å². The fraction of sp³-hybridized carbons (Fsp3) is 0.448. The number of rotatable bonds is 11. The number of hydrogen-bond donors (Lipinski definition) is 0. The first kappa shape index (κ1) is 25.6. The van der Waals surface area contributed by atoms with Crippen LogP contribution in [-0.4, -0.2) is 53.6 Å². The lowest BCUT2D eigenvalue weighted by Crippen LogP contribution is -2.46. The van der Waals surface area contributed by atoms with Gasteiger partial charge in [0.25, 0.3) is 0 Å². The Morgan fingerprint density at radius 3 is 2.31 bits per heavy atom. The maximum absolute atomic E-state index is 13.0. The van der Waals surface area contributed by atoms with E-state index in [0.717, 1.165) is 57.5 Å². The van der Waals surface area contributed by atoms with Crippen molar-refractivity contribution < 1.29 is 9.53 Å². The van der Waals surface area contributed by atoms with Gasteiger partial charge in [-0.15, -0.1) is 0 Å². The molecule has 1 unspecified atom stereocenters. The van der Waals surface area contributed by atoms with Crippen molar-refractivity contribution in [1.82, 2.24) is 14.9 Å². The number of benzene rings is 2. The first-order valence-electron chi connectivity index (χ1n) is 13.0. The first-order chi connectivity index (χ1) is 17.7. The zero-order valence-corrected chi connectivity index (χ0v) is 21.1. The Labute approximate surface area is 213 Å². The SMILES string of the molecule is CCCCCCCOC(=O)C(C#N)c1nc2ccccc2nc1N1CCN(Cc2ccccc2)CC1. The number of aromatic nitrogens is 2. The number of ether oxygens (including phenoxy) is 1. The van der Waals surface area contributed by atoms with Crippen LogP contribution < -0.4 is 4.90 Å². The molecule has 0 aliphatic carbocycles. The van der Waals surface area contributed by atoms with Crippen LogP contribution in [0.4, 0.5) is 5.82 Å². The van der Waals surface area contributed by atoms with Gasteiger partial charge in [-0.1, -0.05) is 75.1 Å². The third-order valence-electron chi connectivity index (χ3n) is 6.63. The van der Waals surface area contributed by atoms with Crippen LogP contribution in [0.15, 0.2) is 54.6 Å². The second kappa shape index (κ2) is 13.0. The number of esters is 1. The van der Waals surface area contributed by atoms with Crippen molar-refractivity contribution in [2.45, 2.75) is 51.5 Å². The van der Waals surface area contributed by atoms with Crippen LogP contribution in [0.3, 0.4) is 0 Å². The summed E-state index contributed by atoms with van der Waals surface area (Å²) in [5.74, 6) is -1.03. The summed E-state index contributed by atoms with van der Waals surface area (Å²) in [6.07, 6.45) is 5.31. The van der Waals surface area contributed by atoms with Gasteiger partial charge < -0.3 is 9.64 Å². The molecule has 0 spiro atoms. The highest BCUT2D eigenvalue weighted by Crippen LogP contribution is 2.29. The summed E-state index contributed by atoms with van der Waals surface area (Å²) in [4.78, 5) is 27.1. The molecule has 1 aliphatic heterocycles. The van der Waals surface area contributed by atoms with Crippen molar-refractivity contribution in [2.75, 3.05) is 37.7 Å². The van der Waals surface area contributed by atoms with Crippen LogP contribution in [0.1, 0.15) is 56.2 Å². The number of carbonyl (C=O) groups excluding carboxylic acids is 1. The Morgan fingerprint density at radius 1 is 0.944 bits per heavy atom. The van der Waals surface area contributed by atoms with Crippen LogP contribution in [0.25, 0.3) is 11.0 Å². The van der Waals surface area contributed by atoms with Crippen molar-refractivity contribution >= 4 is 22.8 Å². The molecule has 188 valence electrons. The Morgan fingerprint density at radius 2 is 1.61 bits per heavy atom. The zero-order chi connectivity index (χ0) is 25.2. The highest BCUT2D eigenvalue weighted by atomic mass is 16.5. The van der Waals surface area contributed by atoms with Gasteiger partial charge in [0, 0.05) is 32.7 Å². The van der Waals surface area contributed by atoms with E-state index in [9.17, 15) is 10.1 Å². The second-order valence-electron chi connectivity index (χ2n) is 9.31. The highest BCUT2D eigenvalue weighted by molar-refractivity contribution is 5.85. The summed E-state index contributed by atoms with van der Waals surface area (Å²) in [6, 6.07) is 20.2. The number of piperazine rings is 1. The van der Waals surface area contributed by atoms with Gasteiger partial charge in [-0.25, -0.2) is 9.97 Å². The van der Waals surface area contributed by atoms with E-state index < -0.39 is 11.9 Å². The molecule has 2 heterocycles. The number of hydrogen-bond acceptors (Lipinski definition) is 7. The molecule has 36 heavy (non-hydrogen) atoms. The Bertz CT molecular complexity index is 1170. The Balaban J connectivity index is 1.49. The van der Waals surface area contributed by atoms with Crippen LogP contribution >= 0.6 is 0 Å². The number of nitriles is 1. The number of para-hydroxylation sites is 2. The predicted molar refractivity (Wildman–Crippen MR) is 142 cm³/mol. The summed E-state index contributed by atoms with van der Waals surface area (Å²) in [6.45, 7) is 6.62. The average Bonchev–Trinajstić information content (AvgIpc) is 2.92. The molecule has 1 aliphatic rings. The van der Waals surface area contributed by atoms with E-state index in [1.54, 1.807) is 0 Å². The van der Waals surface area contributed by atoms with Crippen LogP contribution in [0.2, 0.25) is 0 Å². The molecule has 0 N–H and O–H groups in total. The number of nitrogens with zero attached hydrogens (tertiary/aromatic N) is 5. The smallest absolute Gasteiger partial charge is 0.329 e. The van der Waals surface area contributed by atoms with E-state index in [-0.39, 0.29) is 0 Å². The lowest BCUT2D eigenvalue weighted by molar-refractivity contribution is -0.144. The maximum Gasteiger partial charge on any atom is 0.329 e. The summed E-state index contributed by atoms with van der Waals surface area (Å²) in [7, 11) is 0. The van der Waals surface area contributed by atoms with E-state index in [4.69, 9.17) is 14.7 Å². The lowest BCUT2D eigenvalue weighted by atomic mass is 10.1. The van der Waals surface area contributed by atoms with Crippen molar-refractivity contribution in [2.24, 2.45) is 0 Å². The van der Waals surface area contributed by atoms with E-state index in [2.05, 4.69) is 47.1 Å². The maximum atomic E-state index is 13.0. The van der Waals surface area contributed by atoms with Crippen LogP contribution in [-0.2, 0) is 16.1 Å². The third kappa shape index (κ3) is 6.58. The standard InChI is InChI=1S/C29H35N5O2/c1-2-3-4-5-11-20-36-29(35)24(21-30)27-28(32-26-15-10-9-14-25(26)31-27)34-18-16-33(17-19-34)22-23-12-7-6-8-13-23/h6-10,12-15,24H,2-5,11,16-20,22H2,1H3. The molecule has 1 fully saturated rings. The van der Waals surface area contributed by atoms with Gasteiger partial charge in [-0.05, 0) is 24.1 Å². The quantitative estimate of drug-likeness (QED) is 0.277. The summed E-state index contributed by atoms with van der Waals surface area (Å²) < 4.78 is 5.51. The molecule has 0 radical (unpaired) electrons. The minimum absolute atomic E-state index is 0.329. The average molecular weight is 486 g/mol. The van der Waals surface area contributed by atoms with Gasteiger partial charge in [0.15, 0.2) is 11.7 Å². The van der Waals surface area contributed by atoms with E-state index >= 15 is 0 Å². The van der Waals surface area contributed by atoms with Gasteiger partial charge in [0.1, 0.15) is 5.69 Å². The molecule has 0 bridgehead atoms. The third-order valence-corrected chi connectivity index (χ3v) is 6.63. The number of fused-ring (bicyclic) bond motifs is 1. The lowest BCUT2D eigenvalue weighted by Gasteiger charge is -2.36. The molecular formula is C29H35N5O2. The molecule has 7 nitrogen and oxygen atoms in total. The van der Waals surface area contributed by atoms with Gasteiger partial charge in [0.05, 0.1) is 23.7 Å². The number of carbonyl (C=O) groups is 1. The van der Waals surface area contributed by atoms with E-state index in [1.165, 1.54) is 18.4 Å². The minimum atomic E-state index is -1.10. The van der Waals surface area contributed by atoms with Crippen molar-refractivity contribution in [3.8, 4) is 6.07 Å². The van der Waals surface area contributed by atoms with Gasteiger partial charge >= 0.3 is 5.97 Å². The Kier molecular flexibility index (Phi) is 9.23. The molecule has 7 heteroatoms. The van der Waals surface area contributed by atoms with Gasteiger partial charge in [-0.3, -0.25) is 9.69 Å². The van der Waals surface area contributed by atoms with E-state index in [0.29, 0.717) is 23.6 Å². The molecule has 1 saturated heterocycles. The second-order valence-corrected chi connectivity index (χ2v) is 9.31. The fourth-order valence-electron chi connectivity index (χ4n) is 4.58.